The van der Waals surface area contributed by atoms with Crippen LogP contribution in [0.2, 0.25) is 0 Å². The van der Waals surface area contributed by atoms with Crippen molar-refractivity contribution in [3.8, 4) is 0 Å². The lowest BCUT2D eigenvalue weighted by Gasteiger charge is -2.23. The molecule has 0 saturated carbocycles. The minimum atomic E-state index is 0.0345. The van der Waals surface area contributed by atoms with Crippen molar-refractivity contribution in [1.29, 1.82) is 0 Å². The smallest absolute Gasteiger partial charge is 0.254 e. The minimum Gasteiger partial charge on any atom is -0.378 e. The van der Waals surface area contributed by atoms with Gasteiger partial charge in [-0.25, -0.2) is 4.98 Å². The average molecular weight is 249 g/mol. The highest BCUT2D eigenvalue weighted by Gasteiger charge is 2.19. The summed E-state index contributed by atoms with van der Waals surface area (Å²) in [5.41, 5.74) is 1.80. The normalized spacial score (nSPS) is 23.7. The van der Waals surface area contributed by atoms with Crippen LogP contribution in [0.15, 0.2) is 4.79 Å². The summed E-state index contributed by atoms with van der Waals surface area (Å²) in [6.07, 6.45) is 5.14. The lowest BCUT2D eigenvalue weighted by atomic mass is 10.0. The van der Waals surface area contributed by atoms with Crippen molar-refractivity contribution in [3.05, 3.63) is 27.4 Å². The number of rotatable bonds is 2. The summed E-state index contributed by atoms with van der Waals surface area (Å²) in [7, 11) is 0. The SMILES string of the molecule is O=c1[nH]c(CC2CCCCO2)nc2c1CCNC2. The Bertz CT molecular complexity index is 478. The van der Waals surface area contributed by atoms with Crippen molar-refractivity contribution in [3.63, 3.8) is 0 Å². The Hall–Kier alpha value is -1.20. The van der Waals surface area contributed by atoms with Crippen molar-refractivity contribution in [2.45, 2.75) is 44.8 Å². The Morgan fingerprint density at radius 2 is 2.33 bits per heavy atom. The van der Waals surface area contributed by atoms with Crippen molar-refractivity contribution in [2.75, 3.05) is 13.2 Å². The summed E-state index contributed by atoms with van der Waals surface area (Å²) >= 11 is 0. The second-order valence-corrected chi connectivity index (χ2v) is 5.06. The molecule has 0 amide bonds. The highest BCUT2D eigenvalue weighted by molar-refractivity contribution is 5.20. The third-order valence-corrected chi connectivity index (χ3v) is 3.69. The van der Waals surface area contributed by atoms with Crippen LogP contribution in [0, 0.1) is 0 Å². The largest absolute Gasteiger partial charge is 0.378 e. The van der Waals surface area contributed by atoms with E-state index in [0.717, 1.165) is 55.9 Å². The Balaban J connectivity index is 1.80. The number of hydrogen-bond donors (Lipinski definition) is 2. The monoisotopic (exact) mass is 249 g/mol. The second-order valence-electron chi connectivity index (χ2n) is 5.06. The second kappa shape index (κ2) is 5.20. The summed E-state index contributed by atoms with van der Waals surface area (Å²) in [5.74, 6) is 0.773. The van der Waals surface area contributed by atoms with Gasteiger partial charge >= 0.3 is 0 Å². The first-order valence-electron chi connectivity index (χ1n) is 6.76. The van der Waals surface area contributed by atoms with E-state index in [-0.39, 0.29) is 11.7 Å². The minimum absolute atomic E-state index is 0.0345. The van der Waals surface area contributed by atoms with Gasteiger partial charge in [0.25, 0.3) is 5.56 Å². The number of aromatic amines is 1. The van der Waals surface area contributed by atoms with Gasteiger partial charge in [-0.3, -0.25) is 4.79 Å². The lowest BCUT2D eigenvalue weighted by molar-refractivity contribution is 0.0155. The van der Waals surface area contributed by atoms with Crippen LogP contribution in [0.25, 0.3) is 0 Å². The zero-order valence-corrected chi connectivity index (χ0v) is 10.5. The van der Waals surface area contributed by atoms with Crippen LogP contribution in [0.3, 0.4) is 0 Å². The molecule has 0 bridgehead atoms. The van der Waals surface area contributed by atoms with Crippen LogP contribution >= 0.6 is 0 Å². The molecule has 2 aliphatic heterocycles. The fraction of sp³-hybridized carbons (Fsp3) is 0.692. The molecule has 3 heterocycles. The maximum atomic E-state index is 12.0. The molecule has 1 unspecified atom stereocenters. The molecule has 0 radical (unpaired) electrons. The number of H-pyrrole nitrogens is 1. The van der Waals surface area contributed by atoms with Gasteiger partial charge in [0.1, 0.15) is 5.82 Å². The van der Waals surface area contributed by atoms with Gasteiger partial charge in [-0.1, -0.05) is 0 Å². The fourth-order valence-corrected chi connectivity index (χ4v) is 2.70. The molecular weight excluding hydrogens is 230 g/mol. The number of hydrogen-bond acceptors (Lipinski definition) is 4. The number of fused-ring (bicyclic) bond motifs is 1. The molecule has 98 valence electrons. The molecule has 18 heavy (non-hydrogen) atoms. The lowest BCUT2D eigenvalue weighted by Crippen LogP contribution is -2.33. The van der Waals surface area contributed by atoms with E-state index < -0.39 is 0 Å². The molecule has 5 heteroatoms. The first-order valence-corrected chi connectivity index (χ1v) is 6.76. The predicted octanol–water partition coefficient (Wildman–Crippen LogP) is 0.527. The van der Waals surface area contributed by atoms with Crippen LogP contribution in [0.4, 0.5) is 0 Å². The fourth-order valence-electron chi connectivity index (χ4n) is 2.70. The highest BCUT2D eigenvalue weighted by Crippen LogP contribution is 2.16. The van der Waals surface area contributed by atoms with Crippen LogP contribution in [-0.2, 0) is 24.1 Å². The van der Waals surface area contributed by atoms with E-state index >= 15 is 0 Å². The molecule has 1 saturated heterocycles. The molecule has 5 nitrogen and oxygen atoms in total. The molecule has 1 aromatic rings. The quantitative estimate of drug-likeness (QED) is 0.802. The molecule has 1 aromatic heterocycles. The van der Waals surface area contributed by atoms with E-state index in [4.69, 9.17) is 4.74 Å². The van der Waals surface area contributed by atoms with Crippen molar-refractivity contribution >= 4 is 0 Å². The van der Waals surface area contributed by atoms with Crippen molar-refractivity contribution < 1.29 is 4.74 Å². The van der Waals surface area contributed by atoms with E-state index in [1.54, 1.807) is 0 Å². The molecular formula is C13H19N3O2. The summed E-state index contributed by atoms with van der Waals surface area (Å²) in [4.78, 5) is 19.4. The maximum absolute atomic E-state index is 12.0. The molecule has 1 fully saturated rings. The van der Waals surface area contributed by atoms with Crippen LogP contribution in [-0.4, -0.2) is 29.2 Å². The topological polar surface area (TPSA) is 67.0 Å². The van der Waals surface area contributed by atoms with E-state index in [1.807, 2.05) is 0 Å². The standard InChI is InChI=1S/C13H19N3O2/c17-13-10-4-5-14-8-11(10)15-12(16-13)7-9-3-1-2-6-18-9/h9,14H,1-8H2,(H,15,16,17). The van der Waals surface area contributed by atoms with E-state index in [0.29, 0.717) is 6.54 Å². The Labute approximate surface area is 106 Å². The van der Waals surface area contributed by atoms with Gasteiger partial charge in [0.05, 0.1) is 11.8 Å². The molecule has 3 rings (SSSR count). The van der Waals surface area contributed by atoms with Crippen LogP contribution in [0.1, 0.15) is 36.3 Å². The number of nitrogens with zero attached hydrogens (tertiary/aromatic N) is 1. The molecule has 2 N–H and O–H groups in total. The third kappa shape index (κ3) is 2.47. The Morgan fingerprint density at radius 1 is 1.39 bits per heavy atom. The van der Waals surface area contributed by atoms with Gasteiger partial charge in [0.2, 0.25) is 0 Å². The highest BCUT2D eigenvalue weighted by atomic mass is 16.5. The molecule has 0 aromatic carbocycles. The summed E-state index contributed by atoms with van der Waals surface area (Å²) in [6, 6.07) is 0. The van der Waals surface area contributed by atoms with Gasteiger partial charge in [0.15, 0.2) is 0 Å². The van der Waals surface area contributed by atoms with Crippen LogP contribution < -0.4 is 10.9 Å². The Morgan fingerprint density at radius 3 is 3.17 bits per heavy atom. The summed E-state index contributed by atoms with van der Waals surface area (Å²) in [5, 5.41) is 3.25. The van der Waals surface area contributed by atoms with Crippen molar-refractivity contribution in [1.82, 2.24) is 15.3 Å². The Kier molecular flexibility index (Phi) is 3.43. The van der Waals surface area contributed by atoms with Crippen LogP contribution in [0.5, 0.6) is 0 Å². The van der Waals surface area contributed by atoms with E-state index in [1.165, 1.54) is 6.42 Å². The number of aromatic nitrogens is 2. The van der Waals surface area contributed by atoms with Gasteiger partial charge in [-0.05, 0) is 32.2 Å². The zero-order chi connectivity index (χ0) is 12.4. The predicted molar refractivity (Wildman–Crippen MR) is 67.6 cm³/mol. The zero-order valence-electron chi connectivity index (χ0n) is 10.5. The van der Waals surface area contributed by atoms with E-state index in [9.17, 15) is 4.79 Å². The first kappa shape index (κ1) is 11.9. The maximum Gasteiger partial charge on any atom is 0.254 e. The van der Waals surface area contributed by atoms with Gasteiger partial charge < -0.3 is 15.0 Å². The first-order chi connectivity index (χ1) is 8.83. The molecule has 0 aliphatic carbocycles. The third-order valence-electron chi connectivity index (χ3n) is 3.69. The van der Waals surface area contributed by atoms with E-state index in [2.05, 4.69) is 15.3 Å². The average Bonchev–Trinajstić information content (AvgIpc) is 2.40. The number of nitrogens with one attached hydrogen (secondary N) is 2. The molecule has 1 atom stereocenters. The van der Waals surface area contributed by atoms with Gasteiger partial charge in [0, 0.05) is 25.1 Å². The molecule has 0 spiro atoms. The molecule has 2 aliphatic rings. The van der Waals surface area contributed by atoms with Gasteiger partial charge in [-0.15, -0.1) is 0 Å². The van der Waals surface area contributed by atoms with Crippen molar-refractivity contribution in [2.24, 2.45) is 0 Å². The number of ether oxygens (including phenoxy) is 1. The summed E-state index contributed by atoms with van der Waals surface area (Å²) in [6.45, 7) is 2.40. The van der Waals surface area contributed by atoms with Gasteiger partial charge in [-0.2, -0.15) is 0 Å². The summed E-state index contributed by atoms with van der Waals surface area (Å²) < 4.78 is 5.69.